The zero-order valence-corrected chi connectivity index (χ0v) is 9.20. The molecule has 3 heteroatoms. The fraction of sp³-hybridized carbons (Fsp3) is 0.455. The molecule has 0 bridgehead atoms. The predicted molar refractivity (Wildman–Crippen MR) is 59.2 cm³/mol. The summed E-state index contributed by atoms with van der Waals surface area (Å²) < 4.78 is 0. The van der Waals surface area contributed by atoms with Crippen LogP contribution < -0.4 is 5.73 Å². The Morgan fingerprint density at radius 2 is 1.71 bits per heavy atom. The molecule has 0 amide bonds. The van der Waals surface area contributed by atoms with Gasteiger partial charge in [0.25, 0.3) is 0 Å². The average Bonchev–Trinajstić information content (AvgIpc) is 2.16. The fourth-order valence-electron chi connectivity index (χ4n) is 1.30. The highest BCUT2D eigenvalue weighted by Crippen LogP contribution is 2.20. The molecule has 0 aromatic heterocycles. The number of hydrogen-bond donors (Lipinski definition) is 2. The monoisotopic (exact) mass is 213 g/mol. The minimum atomic E-state index is -0.517. The number of aliphatic hydroxyl groups excluding tert-OH is 1. The van der Waals surface area contributed by atoms with Crippen LogP contribution in [0.3, 0.4) is 0 Å². The van der Waals surface area contributed by atoms with Crippen LogP contribution in [0.1, 0.15) is 25.5 Å². The van der Waals surface area contributed by atoms with Crippen LogP contribution in [0, 0.1) is 5.92 Å². The van der Waals surface area contributed by atoms with Crippen molar-refractivity contribution >= 4 is 11.6 Å². The van der Waals surface area contributed by atoms with Gasteiger partial charge in [-0.2, -0.15) is 0 Å². The number of rotatable bonds is 3. The van der Waals surface area contributed by atoms with Crippen molar-refractivity contribution < 1.29 is 5.11 Å². The van der Waals surface area contributed by atoms with E-state index in [0.29, 0.717) is 5.02 Å². The Balaban J connectivity index is 2.78. The SMILES string of the molecule is CC(C)[C@H](O)[C@H](N)c1ccc(Cl)cc1. The maximum Gasteiger partial charge on any atom is 0.0755 e. The zero-order valence-electron chi connectivity index (χ0n) is 8.44. The summed E-state index contributed by atoms with van der Waals surface area (Å²) >= 11 is 5.76. The highest BCUT2D eigenvalue weighted by molar-refractivity contribution is 6.30. The molecule has 0 aliphatic rings. The maximum absolute atomic E-state index is 9.76. The van der Waals surface area contributed by atoms with Crippen molar-refractivity contribution in [2.75, 3.05) is 0 Å². The maximum atomic E-state index is 9.76. The van der Waals surface area contributed by atoms with E-state index in [9.17, 15) is 5.11 Å². The van der Waals surface area contributed by atoms with Crippen molar-refractivity contribution in [3.05, 3.63) is 34.9 Å². The van der Waals surface area contributed by atoms with Gasteiger partial charge >= 0.3 is 0 Å². The van der Waals surface area contributed by atoms with Crippen molar-refractivity contribution in [1.29, 1.82) is 0 Å². The van der Waals surface area contributed by atoms with Crippen LogP contribution in [-0.4, -0.2) is 11.2 Å². The first-order valence-electron chi connectivity index (χ1n) is 4.71. The highest BCUT2D eigenvalue weighted by atomic mass is 35.5. The third kappa shape index (κ3) is 2.71. The van der Waals surface area contributed by atoms with E-state index in [4.69, 9.17) is 17.3 Å². The third-order valence-corrected chi connectivity index (χ3v) is 2.56. The van der Waals surface area contributed by atoms with Crippen LogP contribution in [-0.2, 0) is 0 Å². The van der Waals surface area contributed by atoms with E-state index in [1.54, 1.807) is 12.1 Å². The molecule has 0 radical (unpaired) electrons. The molecule has 2 atom stereocenters. The molecule has 0 unspecified atom stereocenters. The first kappa shape index (κ1) is 11.5. The number of nitrogens with two attached hydrogens (primary N) is 1. The second-order valence-electron chi connectivity index (χ2n) is 3.81. The zero-order chi connectivity index (χ0) is 10.7. The Morgan fingerprint density at radius 1 is 1.21 bits per heavy atom. The third-order valence-electron chi connectivity index (χ3n) is 2.31. The van der Waals surface area contributed by atoms with E-state index in [0.717, 1.165) is 5.56 Å². The lowest BCUT2D eigenvalue weighted by Crippen LogP contribution is -2.30. The van der Waals surface area contributed by atoms with E-state index in [-0.39, 0.29) is 12.0 Å². The standard InChI is InChI=1S/C11H16ClNO/c1-7(2)11(14)10(13)8-3-5-9(12)6-4-8/h3-7,10-11,14H,13H2,1-2H3/t10-,11+/m1/s1. The van der Waals surface area contributed by atoms with Crippen molar-refractivity contribution in [1.82, 2.24) is 0 Å². The number of aliphatic hydroxyl groups is 1. The first-order valence-corrected chi connectivity index (χ1v) is 5.09. The van der Waals surface area contributed by atoms with Crippen molar-refractivity contribution in [3.63, 3.8) is 0 Å². The molecule has 78 valence electrons. The largest absolute Gasteiger partial charge is 0.391 e. The second kappa shape index (κ2) is 4.78. The number of benzene rings is 1. The topological polar surface area (TPSA) is 46.2 Å². The molecule has 0 saturated carbocycles. The summed E-state index contributed by atoms with van der Waals surface area (Å²) in [6.07, 6.45) is -0.517. The lowest BCUT2D eigenvalue weighted by molar-refractivity contribution is 0.0979. The Kier molecular flexibility index (Phi) is 3.93. The molecule has 0 aliphatic carbocycles. The summed E-state index contributed by atoms with van der Waals surface area (Å²) in [5.74, 6) is 0.153. The van der Waals surface area contributed by atoms with Crippen molar-refractivity contribution in [3.8, 4) is 0 Å². The van der Waals surface area contributed by atoms with Gasteiger partial charge in [0, 0.05) is 5.02 Å². The van der Waals surface area contributed by atoms with Gasteiger partial charge in [-0.3, -0.25) is 0 Å². The van der Waals surface area contributed by atoms with Crippen LogP contribution in [0.5, 0.6) is 0 Å². The average molecular weight is 214 g/mol. The normalized spacial score (nSPS) is 15.6. The van der Waals surface area contributed by atoms with E-state index >= 15 is 0 Å². The highest BCUT2D eigenvalue weighted by Gasteiger charge is 2.19. The van der Waals surface area contributed by atoms with Crippen molar-refractivity contribution in [2.45, 2.75) is 26.0 Å². The van der Waals surface area contributed by atoms with E-state index in [1.807, 2.05) is 26.0 Å². The Bertz CT molecular complexity index is 284. The van der Waals surface area contributed by atoms with Crippen molar-refractivity contribution in [2.24, 2.45) is 11.7 Å². The molecule has 1 aromatic rings. The van der Waals surface area contributed by atoms with Gasteiger partial charge in [0.2, 0.25) is 0 Å². The van der Waals surface area contributed by atoms with Crippen LogP contribution in [0.4, 0.5) is 0 Å². The molecule has 2 nitrogen and oxygen atoms in total. The van der Waals surface area contributed by atoms with E-state index in [1.165, 1.54) is 0 Å². The molecule has 3 N–H and O–H groups in total. The summed E-state index contributed by atoms with van der Waals surface area (Å²) in [5, 5.41) is 10.4. The first-order chi connectivity index (χ1) is 6.52. The van der Waals surface area contributed by atoms with Gasteiger partial charge in [-0.15, -0.1) is 0 Å². The van der Waals surface area contributed by atoms with Gasteiger partial charge in [0.05, 0.1) is 12.1 Å². The summed E-state index contributed by atoms with van der Waals surface area (Å²) in [6.45, 7) is 3.89. The molecular weight excluding hydrogens is 198 g/mol. The molecule has 0 saturated heterocycles. The molecule has 1 rings (SSSR count). The minimum Gasteiger partial charge on any atom is -0.391 e. The quantitative estimate of drug-likeness (QED) is 0.810. The Labute approximate surface area is 89.7 Å². The second-order valence-corrected chi connectivity index (χ2v) is 4.25. The molecular formula is C11H16ClNO. The van der Waals surface area contributed by atoms with Gasteiger partial charge in [0.15, 0.2) is 0 Å². The summed E-state index contributed by atoms with van der Waals surface area (Å²) in [7, 11) is 0. The van der Waals surface area contributed by atoms with Gasteiger partial charge in [0.1, 0.15) is 0 Å². The lowest BCUT2D eigenvalue weighted by atomic mass is 9.95. The van der Waals surface area contributed by atoms with Crippen LogP contribution in [0.15, 0.2) is 24.3 Å². The van der Waals surface area contributed by atoms with E-state index < -0.39 is 6.10 Å². The number of halogens is 1. The fourth-order valence-corrected chi connectivity index (χ4v) is 1.42. The molecule has 0 aliphatic heterocycles. The smallest absolute Gasteiger partial charge is 0.0755 e. The Morgan fingerprint density at radius 3 is 2.14 bits per heavy atom. The van der Waals surface area contributed by atoms with Gasteiger partial charge in [-0.25, -0.2) is 0 Å². The molecule has 0 heterocycles. The molecule has 0 fully saturated rings. The van der Waals surface area contributed by atoms with Crippen LogP contribution >= 0.6 is 11.6 Å². The summed E-state index contributed by atoms with van der Waals surface area (Å²) in [6, 6.07) is 6.91. The van der Waals surface area contributed by atoms with E-state index in [2.05, 4.69) is 0 Å². The van der Waals surface area contributed by atoms with Crippen LogP contribution in [0.2, 0.25) is 5.02 Å². The molecule has 14 heavy (non-hydrogen) atoms. The summed E-state index contributed by atoms with van der Waals surface area (Å²) in [5.41, 5.74) is 6.81. The van der Waals surface area contributed by atoms with Crippen LogP contribution in [0.25, 0.3) is 0 Å². The Hall–Kier alpha value is -0.570. The predicted octanol–water partition coefficient (Wildman–Crippen LogP) is 2.36. The molecule has 0 spiro atoms. The van der Waals surface area contributed by atoms with Gasteiger partial charge < -0.3 is 10.8 Å². The number of hydrogen-bond acceptors (Lipinski definition) is 2. The minimum absolute atomic E-state index is 0.153. The lowest BCUT2D eigenvalue weighted by Gasteiger charge is -2.22. The van der Waals surface area contributed by atoms with Gasteiger partial charge in [-0.05, 0) is 23.6 Å². The van der Waals surface area contributed by atoms with Gasteiger partial charge in [-0.1, -0.05) is 37.6 Å². The molecule has 1 aromatic carbocycles. The summed E-state index contributed by atoms with van der Waals surface area (Å²) in [4.78, 5) is 0.